The predicted molar refractivity (Wildman–Crippen MR) is 86.2 cm³/mol. The van der Waals surface area contributed by atoms with Crippen LogP contribution in [0.1, 0.15) is 39.2 Å². The van der Waals surface area contributed by atoms with Crippen molar-refractivity contribution < 1.29 is 13.7 Å². The summed E-state index contributed by atoms with van der Waals surface area (Å²) in [5.41, 5.74) is 0.529. The highest BCUT2D eigenvalue weighted by atomic mass is 32.2. The summed E-state index contributed by atoms with van der Waals surface area (Å²) >= 11 is 0. The van der Waals surface area contributed by atoms with Gasteiger partial charge in [-0.15, -0.1) is 0 Å². The van der Waals surface area contributed by atoms with E-state index >= 15 is 0 Å². The van der Waals surface area contributed by atoms with Crippen molar-refractivity contribution in [1.82, 2.24) is 9.88 Å². The molecule has 122 valence electrons. The SMILES string of the molecule is Cc1ccc([S@](=O)[C@H]2CCCN(C(=O)OC(C)(C)C)C2)nc1. The van der Waals surface area contributed by atoms with E-state index < -0.39 is 16.4 Å². The number of aryl methyl sites for hydroxylation is 1. The molecule has 1 aliphatic heterocycles. The molecular weight excluding hydrogens is 300 g/mol. The molecule has 0 saturated carbocycles. The second kappa shape index (κ2) is 6.77. The number of hydrogen-bond donors (Lipinski definition) is 0. The van der Waals surface area contributed by atoms with Crippen molar-refractivity contribution in [2.24, 2.45) is 0 Å². The number of amides is 1. The van der Waals surface area contributed by atoms with E-state index in [0.29, 0.717) is 18.1 Å². The first-order valence-electron chi connectivity index (χ1n) is 7.57. The smallest absolute Gasteiger partial charge is 0.410 e. The minimum absolute atomic E-state index is 0.0866. The number of aromatic nitrogens is 1. The van der Waals surface area contributed by atoms with E-state index in [1.54, 1.807) is 17.2 Å². The standard InChI is InChI=1S/C16H24N2O3S/c1-12-7-8-14(17-10-12)22(20)13-6-5-9-18(11-13)15(19)21-16(2,3)4/h7-8,10,13H,5-6,9,11H2,1-4H3/t13-,22+/m0/s1. The molecule has 2 atom stereocenters. The molecule has 0 aliphatic carbocycles. The van der Waals surface area contributed by atoms with Crippen LogP contribution in [0, 0.1) is 6.92 Å². The highest BCUT2D eigenvalue weighted by Crippen LogP contribution is 2.21. The lowest BCUT2D eigenvalue weighted by Crippen LogP contribution is -2.45. The second-order valence-corrected chi connectivity index (χ2v) is 8.34. The molecule has 0 unspecified atom stereocenters. The van der Waals surface area contributed by atoms with Crippen molar-refractivity contribution in [2.45, 2.75) is 56.4 Å². The van der Waals surface area contributed by atoms with E-state index in [4.69, 9.17) is 4.74 Å². The summed E-state index contributed by atoms with van der Waals surface area (Å²) in [4.78, 5) is 18.1. The van der Waals surface area contributed by atoms with Crippen molar-refractivity contribution in [3.8, 4) is 0 Å². The molecule has 0 N–H and O–H groups in total. The van der Waals surface area contributed by atoms with Gasteiger partial charge in [-0.05, 0) is 52.2 Å². The largest absolute Gasteiger partial charge is 0.444 e. The average Bonchev–Trinajstić information content (AvgIpc) is 2.46. The Morgan fingerprint density at radius 2 is 2.14 bits per heavy atom. The molecule has 22 heavy (non-hydrogen) atoms. The predicted octanol–water partition coefficient (Wildman–Crippen LogP) is 2.90. The molecule has 6 heteroatoms. The fourth-order valence-electron chi connectivity index (χ4n) is 2.35. The first kappa shape index (κ1) is 16.9. The van der Waals surface area contributed by atoms with Crippen LogP contribution in [0.5, 0.6) is 0 Å². The summed E-state index contributed by atoms with van der Waals surface area (Å²) in [6.07, 6.45) is 3.07. The number of carbonyl (C=O) groups excluding carboxylic acids is 1. The Hall–Kier alpha value is -1.43. The Bertz CT molecular complexity index is 552. The summed E-state index contributed by atoms with van der Waals surface area (Å²) in [5, 5.41) is 0.498. The fourth-order valence-corrected chi connectivity index (χ4v) is 3.75. The zero-order valence-electron chi connectivity index (χ0n) is 13.7. The van der Waals surface area contributed by atoms with E-state index in [1.807, 2.05) is 33.8 Å². The van der Waals surface area contributed by atoms with Crippen LogP contribution in [0.2, 0.25) is 0 Å². The molecule has 1 aromatic heterocycles. The molecule has 1 saturated heterocycles. The first-order valence-corrected chi connectivity index (χ1v) is 8.79. The number of rotatable bonds is 2. The lowest BCUT2D eigenvalue weighted by atomic mass is 10.1. The third-order valence-electron chi connectivity index (χ3n) is 3.42. The molecule has 0 radical (unpaired) electrons. The maximum absolute atomic E-state index is 12.6. The number of hydrogen-bond acceptors (Lipinski definition) is 4. The molecule has 2 heterocycles. The van der Waals surface area contributed by atoms with E-state index in [-0.39, 0.29) is 11.3 Å². The van der Waals surface area contributed by atoms with Gasteiger partial charge in [-0.3, -0.25) is 4.21 Å². The van der Waals surface area contributed by atoms with Crippen molar-refractivity contribution in [1.29, 1.82) is 0 Å². The van der Waals surface area contributed by atoms with Crippen molar-refractivity contribution in [3.63, 3.8) is 0 Å². The molecular formula is C16H24N2O3S. The zero-order chi connectivity index (χ0) is 16.3. The normalized spacial score (nSPS) is 20.5. The van der Waals surface area contributed by atoms with Gasteiger partial charge in [-0.25, -0.2) is 9.78 Å². The van der Waals surface area contributed by atoms with Crippen LogP contribution in [0.3, 0.4) is 0 Å². The van der Waals surface area contributed by atoms with E-state index in [0.717, 1.165) is 18.4 Å². The summed E-state index contributed by atoms with van der Waals surface area (Å²) in [6.45, 7) is 8.60. The first-order chi connectivity index (χ1) is 10.3. The van der Waals surface area contributed by atoms with Gasteiger partial charge in [-0.1, -0.05) is 6.07 Å². The Balaban J connectivity index is 2.02. The highest BCUT2D eigenvalue weighted by Gasteiger charge is 2.31. The van der Waals surface area contributed by atoms with Gasteiger partial charge < -0.3 is 9.64 Å². The van der Waals surface area contributed by atoms with Crippen molar-refractivity contribution in [3.05, 3.63) is 23.9 Å². The van der Waals surface area contributed by atoms with Crippen LogP contribution < -0.4 is 0 Å². The molecule has 1 aromatic rings. The highest BCUT2D eigenvalue weighted by molar-refractivity contribution is 7.85. The number of ether oxygens (including phenoxy) is 1. The number of piperidine rings is 1. The second-order valence-electron chi connectivity index (χ2n) is 6.66. The molecule has 0 bridgehead atoms. The monoisotopic (exact) mass is 324 g/mol. The van der Waals surface area contributed by atoms with E-state index in [2.05, 4.69) is 4.98 Å². The van der Waals surface area contributed by atoms with Crippen LogP contribution in [0.25, 0.3) is 0 Å². The number of nitrogens with zero attached hydrogens (tertiary/aromatic N) is 2. The zero-order valence-corrected chi connectivity index (χ0v) is 14.5. The Labute approximate surface area is 134 Å². The van der Waals surface area contributed by atoms with Crippen molar-refractivity contribution in [2.75, 3.05) is 13.1 Å². The number of likely N-dealkylation sites (tertiary alicyclic amines) is 1. The van der Waals surface area contributed by atoms with Gasteiger partial charge in [0.25, 0.3) is 0 Å². The van der Waals surface area contributed by atoms with Crippen molar-refractivity contribution >= 4 is 16.9 Å². The Morgan fingerprint density at radius 1 is 1.41 bits per heavy atom. The lowest BCUT2D eigenvalue weighted by Gasteiger charge is -2.33. The summed E-state index contributed by atoms with van der Waals surface area (Å²) in [7, 11) is -1.20. The fraction of sp³-hybridized carbons (Fsp3) is 0.625. The van der Waals surface area contributed by atoms with Crippen LogP contribution in [-0.2, 0) is 15.5 Å². The maximum Gasteiger partial charge on any atom is 0.410 e. The molecule has 2 rings (SSSR count). The third kappa shape index (κ3) is 4.53. The Kier molecular flexibility index (Phi) is 5.21. The van der Waals surface area contributed by atoms with Gasteiger partial charge >= 0.3 is 6.09 Å². The topological polar surface area (TPSA) is 59.5 Å². The lowest BCUT2D eigenvalue weighted by molar-refractivity contribution is 0.0219. The van der Waals surface area contributed by atoms with Crippen LogP contribution in [0.15, 0.2) is 23.4 Å². The molecule has 5 nitrogen and oxygen atoms in total. The maximum atomic E-state index is 12.6. The van der Waals surface area contributed by atoms with Gasteiger partial charge in [0.15, 0.2) is 0 Å². The molecule has 0 spiro atoms. The average molecular weight is 324 g/mol. The van der Waals surface area contributed by atoms with Crippen LogP contribution in [-0.4, -0.2) is 44.1 Å². The van der Waals surface area contributed by atoms with E-state index in [1.165, 1.54) is 0 Å². The molecule has 1 aliphatic rings. The minimum Gasteiger partial charge on any atom is -0.444 e. The number of carbonyl (C=O) groups is 1. The minimum atomic E-state index is -1.20. The molecule has 1 fully saturated rings. The van der Waals surface area contributed by atoms with Crippen LogP contribution in [0.4, 0.5) is 4.79 Å². The third-order valence-corrected chi connectivity index (χ3v) is 5.07. The van der Waals surface area contributed by atoms with Gasteiger partial charge in [0, 0.05) is 19.3 Å². The summed E-state index contributed by atoms with van der Waals surface area (Å²) < 4.78 is 18.0. The summed E-state index contributed by atoms with van der Waals surface area (Å²) in [6, 6.07) is 3.71. The van der Waals surface area contributed by atoms with Crippen LogP contribution >= 0.6 is 0 Å². The molecule has 0 aromatic carbocycles. The Morgan fingerprint density at radius 3 is 2.73 bits per heavy atom. The molecule has 1 amide bonds. The quantitative estimate of drug-likeness (QED) is 0.839. The van der Waals surface area contributed by atoms with Gasteiger partial charge in [0.1, 0.15) is 10.6 Å². The van der Waals surface area contributed by atoms with Gasteiger partial charge in [0.05, 0.1) is 16.0 Å². The van der Waals surface area contributed by atoms with Gasteiger partial charge in [0.2, 0.25) is 0 Å². The van der Waals surface area contributed by atoms with E-state index in [9.17, 15) is 9.00 Å². The van der Waals surface area contributed by atoms with Gasteiger partial charge in [-0.2, -0.15) is 0 Å². The summed E-state index contributed by atoms with van der Waals surface area (Å²) in [5.74, 6) is 0. The number of pyridine rings is 1.